The Morgan fingerprint density at radius 2 is 1.83 bits per heavy atom. The van der Waals surface area contributed by atoms with Crippen LogP contribution in [0.2, 0.25) is 0 Å². The molecule has 6 heteroatoms. The van der Waals surface area contributed by atoms with Crippen molar-refractivity contribution in [1.29, 1.82) is 0 Å². The summed E-state index contributed by atoms with van der Waals surface area (Å²) >= 11 is 0. The minimum atomic E-state index is -1.55. The Balaban J connectivity index is 2.32. The van der Waals surface area contributed by atoms with E-state index in [1.54, 1.807) is 24.3 Å². The fourth-order valence-electron chi connectivity index (χ4n) is 3.58. The van der Waals surface area contributed by atoms with Crippen molar-refractivity contribution in [2.45, 2.75) is 12.2 Å². The Morgan fingerprint density at radius 1 is 1.12 bits per heavy atom. The second kappa shape index (κ2) is 5.89. The molecule has 0 fully saturated rings. The molecule has 126 valence electrons. The number of esters is 2. The topological polar surface area (TPSA) is 93.1 Å². The van der Waals surface area contributed by atoms with Crippen molar-refractivity contribution in [3.05, 3.63) is 47.5 Å². The monoisotopic (exact) mass is 330 g/mol. The second-order valence-electron chi connectivity index (χ2n) is 5.84. The standard InChI is InChI=1S/C18H18O6/c1-23-16(21)14-15(20)13(19)9-12-11-6-4-3-5-10(11)7-8-18(12,14)17(22)24-2/h3-9,13-15,19-20H,1-2H3/t13-,14-,15-,18-/m1/s1. The summed E-state index contributed by atoms with van der Waals surface area (Å²) < 4.78 is 9.73. The smallest absolute Gasteiger partial charge is 0.321 e. The molecule has 0 bridgehead atoms. The van der Waals surface area contributed by atoms with Crippen LogP contribution in [-0.2, 0) is 19.1 Å². The van der Waals surface area contributed by atoms with E-state index in [4.69, 9.17) is 9.47 Å². The zero-order valence-corrected chi connectivity index (χ0v) is 13.3. The van der Waals surface area contributed by atoms with Gasteiger partial charge in [-0.1, -0.05) is 36.4 Å². The van der Waals surface area contributed by atoms with Crippen LogP contribution >= 0.6 is 0 Å². The maximum absolute atomic E-state index is 12.7. The molecule has 1 aromatic rings. The predicted octanol–water partition coefficient (Wildman–Crippen LogP) is 0.781. The lowest BCUT2D eigenvalue weighted by Crippen LogP contribution is -2.55. The summed E-state index contributed by atoms with van der Waals surface area (Å²) in [5.74, 6) is -2.79. The van der Waals surface area contributed by atoms with Crippen LogP contribution in [-0.4, -0.2) is 48.6 Å². The van der Waals surface area contributed by atoms with Gasteiger partial charge in [-0.15, -0.1) is 0 Å². The van der Waals surface area contributed by atoms with Gasteiger partial charge in [-0.05, 0) is 22.8 Å². The third-order valence-corrected chi connectivity index (χ3v) is 4.72. The fourth-order valence-corrected chi connectivity index (χ4v) is 3.58. The highest BCUT2D eigenvalue weighted by molar-refractivity contribution is 6.04. The minimum absolute atomic E-state index is 0.431. The van der Waals surface area contributed by atoms with Crippen molar-refractivity contribution in [3.8, 4) is 0 Å². The van der Waals surface area contributed by atoms with Gasteiger partial charge < -0.3 is 19.7 Å². The molecule has 0 unspecified atom stereocenters. The lowest BCUT2D eigenvalue weighted by Gasteiger charge is -2.45. The average molecular weight is 330 g/mol. The Bertz CT molecular complexity index is 750. The molecule has 1 aromatic carbocycles. The molecule has 0 saturated heterocycles. The van der Waals surface area contributed by atoms with E-state index >= 15 is 0 Å². The van der Waals surface area contributed by atoms with Crippen LogP contribution in [0.3, 0.4) is 0 Å². The molecule has 3 rings (SSSR count). The van der Waals surface area contributed by atoms with E-state index in [9.17, 15) is 19.8 Å². The zero-order chi connectivity index (χ0) is 17.5. The van der Waals surface area contributed by atoms with Crippen LogP contribution in [0.4, 0.5) is 0 Å². The van der Waals surface area contributed by atoms with Gasteiger partial charge in [0.2, 0.25) is 0 Å². The van der Waals surface area contributed by atoms with Crippen molar-refractivity contribution >= 4 is 23.6 Å². The van der Waals surface area contributed by atoms with Crippen molar-refractivity contribution < 1.29 is 29.3 Å². The number of aliphatic hydroxyl groups excluding tert-OH is 2. The van der Waals surface area contributed by atoms with Crippen molar-refractivity contribution in [2.75, 3.05) is 14.2 Å². The van der Waals surface area contributed by atoms with E-state index in [2.05, 4.69) is 0 Å². The summed E-state index contributed by atoms with van der Waals surface area (Å²) in [5.41, 5.74) is 0.427. The van der Waals surface area contributed by atoms with Crippen LogP contribution in [0.15, 0.2) is 36.4 Å². The highest BCUT2D eigenvalue weighted by atomic mass is 16.5. The van der Waals surface area contributed by atoms with Gasteiger partial charge in [-0.25, -0.2) is 0 Å². The molecule has 2 aliphatic carbocycles. The van der Waals surface area contributed by atoms with Gasteiger partial charge in [-0.3, -0.25) is 9.59 Å². The van der Waals surface area contributed by atoms with Gasteiger partial charge in [0, 0.05) is 0 Å². The van der Waals surface area contributed by atoms with E-state index in [0.29, 0.717) is 11.1 Å². The van der Waals surface area contributed by atoms with Crippen LogP contribution in [0.5, 0.6) is 0 Å². The Labute approximate surface area is 139 Å². The number of aliphatic hydroxyl groups is 2. The number of ether oxygens (including phenoxy) is 2. The minimum Gasteiger partial charge on any atom is -0.469 e. The summed E-state index contributed by atoms with van der Waals surface area (Å²) in [6.07, 6.45) is 1.87. The number of carbonyl (C=O) groups is 2. The van der Waals surface area contributed by atoms with Gasteiger partial charge in [0.05, 0.1) is 26.4 Å². The molecular formula is C18H18O6. The number of benzene rings is 1. The molecule has 2 aliphatic rings. The number of fused-ring (bicyclic) bond motifs is 3. The largest absolute Gasteiger partial charge is 0.469 e. The first-order chi connectivity index (χ1) is 11.5. The molecular weight excluding hydrogens is 312 g/mol. The zero-order valence-electron chi connectivity index (χ0n) is 13.3. The fraction of sp³-hybridized carbons (Fsp3) is 0.333. The predicted molar refractivity (Wildman–Crippen MR) is 85.4 cm³/mol. The number of rotatable bonds is 2. The van der Waals surface area contributed by atoms with E-state index in [1.165, 1.54) is 20.3 Å². The molecule has 0 aliphatic heterocycles. The Hall–Kier alpha value is -2.44. The summed E-state index contributed by atoms with van der Waals surface area (Å²) in [6, 6.07) is 7.30. The number of hydrogen-bond acceptors (Lipinski definition) is 6. The van der Waals surface area contributed by atoms with E-state index in [-0.39, 0.29) is 0 Å². The van der Waals surface area contributed by atoms with Gasteiger partial charge in [0.25, 0.3) is 0 Å². The van der Waals surface area contributed by atoms with E-state index in [0.717, 1.165) is 5.56 Å². The van der Waals surface area contributed by atoms with Crippen molar-refractivity contribution in [2.24, 2.45) is 11.3 Å². The molecule has 2 N–H and O–H groups in total. The SMILES string of the molecule is COC(=O)[C@H]1[C@H](O)[C@H](O)C=C2c3ccccc3C=C[C@@]21C(=O)OC. The molecule has 0 amide bonds. The van der Waals surface area contributed by atoms with Crippen LogP contribution in [0.25, 0.3) is 11.6 Å². The van der Waals surface area contributed by atoms with Crippen LogP contribution < -0.4 is 0 Å². The molecule has 6 nitrogen and oxygen atoms in total. The second-order valence-corrected chi connectivity index (χ2v) is 5.84. The number of methoxy groups -OCH3 is 2. The lowest BCUT2D eigenvalue weighted by atomic mass is 9.59. The van der Waals surface area contributed by atoms with Crippen LogP contribution in [0, 0.1) is 11.3 Å². The highest BCUT2D eigenvalue weighted by Crippen LogP contribution is 2.53. The lowest BCUT2D eigenvalue weighted by molar-refractivity contribution is -0.168. The first-order valence-corrected chi connectivity index (χ1v) is 7.50. The summed E-state index contributed by atoms with van der Waals surface area (Å²) in [5, 5.41) is 20.6. The summed E-state index contributed by atoms with van der Waals surface area (Å²) in [4.78, 5) is 25.1. The first kappa shape index (κ1) is 16.4. The molecule has 0 saturated carbocycles. The van der Waals surface area contributed by atoms with Crippen molar-refractivity contribution in [3.63, 3.8) is 0 Å². The Morgan fingerprint density at radius 3 is 2.50 bits per heavy atom. The third-order valence-electron chi connectivity index (χ3n) is 4.72. The maximum atomic E-state index is 12.7. The van der Waals surface area contributed by atoms with Gasteiger partial charge in [-0.2, -0.15) is 0 Å². The van der Waals surface area contributed by atoms with Gasteiger partial charge in [0.15, 0.2) is 0 Å². The molecule has 24 heavy (non-hydrogen) atoms. The van der Waals surface area contributed by atoms with Gasteiger partial charge >= 0.3 is 11.9 Å². The Kier molecular flexibility index (Phi) is 4.03. The number of carbonyl (C=O) groups excluding carboxylic acids is 2. The highest BCUT2D eigenvalue weighted by Gasteiger charge is 2.59. The molecule has 0 radical (unpaired) electrons. The van der Waals surface area contributed by atoms with E-state index in [1.807, 2.05) is 12.1 Å². The summed E-state index contributed by atoms with van der Waals surface area (Å²) in [6.45, 7) is 0. The number of hydrogen-bond donors (Lipinski definition) is 2. The van der Waals surface area contributed by atoms with E-state index < -0.39 is 35.5 Å². The normalized spacial score (nSPS) is 30.7. The maximum Gasteiger partial charge on any atom is 0.321 e. The molecule has 0 heterocycles. The quantitative estimate of drug-likeness (QED) is 0.779. The molecule has 4 atom stereocenters. The summed E-state index contributed by atoms with van der Waals surface area (Å²) in [7, 11) is 2.39. The molecule has 0 spiro atoms. The first-order valence-electron chi connectivity index (χ1n) is 7.50. The van der Waals surface area contributed by atoms with Crippen LogP contribution in [0.1, 0.15) is 11.1 Å². The third kappa shape index (κ3) is 2.11. The van der Waals surface area contributed by atoms with Gasteiger partial charge in [0.1, 0.15) is 11.3 Å². The van der Waals surface area contributed by atoms with Crippen molar-refractivity contribution in [1.82, 2.24) is 0 Å². The average Bonchev–Trinajstić information content (AvgIpc) is 2.61. The molecule has 0 aromatic heterocycles.